The first-order chi connectivity index (χ1) is 11.2. The minimum atomic E-state index is 0.149. The summed E-state index contributed by atoms with van der Waals surface area (Å²) in [5.41, 5.74) is 1.12. The number of benzene rings is 1. The number of amides is 1. The van der Waals surface area contributed by atoms with E-state index in [2.05, 4.69) is 15.2 Å². The average Bonchev–Trinajstić information content (AvgIpc) is 3.22. The molecule has 2 aliphatic rings. The lowest BCUT2D eigenvalue weighted by Crippen LogP contribution is -2.46. The van der Waals surface area contributed by atoms with Crippen LogP contribution in [-0.4, -0.2) is 45.7 Å². The van der Waals surface area contributed by atoms with Gasteiger partial charge in [0.2, 0.25) is 5.91 Å². The highest BCUT2D eigenvalue weighted by atomic mass is 16.5. The van der Waals surface area contributed by atoms with E-state index < -0.39 is 0 Å². The second kappa shape index (κ2) is 5.77. The molecule has 23 heavy (non-hydrogen) atoms. The van der Waals surface area contributed by atoms with E-state index >= 15 is 0 Å². The zero-order valence-corrected chi connectivity index (χ0v) is 13.0. The highest BCUT2D eigenvalue weighted by Crippen LogP contribution is 2.38. The van der Waals surface area contributed by atoms with Crippen LogP contribution in [0, 0.1) is 5.41 Å². The molecule has 1 spiro atoms. The fourth-order valence-corrected chi connectivity index (χ4v) is 3.48. The van der Waals surface area contributed by atoms with Crippen LogP contribution in [0.5, 0.6) is 0 Å². The molecule has 0 bridgehead atoms. The molecule has 1 aromatic heterocycles. The maximum Gasteiger partial charge on any atom is 0.223 e. The topological polar surface area (TPSA) is 71.1 Å². The van der Waals surface area contributed by atoms with Crippen molar-refractivity contribution in [2.45, 2.75) is 25.8 Å². The van der Waals surface area contributed by atoms with Crippen molar-refractivity contribution in [3.8, 4) is 11.4 Å². The number of nitrogens with one attached hydrogen (secondary N) is 1. The van der Waals surface area contributed by atoms with Gasteiger partial charge in [-0.05, 0) is 12.8 Å². The number of carbonyl (C=O) groups excluding carboxylic acids is 1. The molecule has 0 radical (unpaired) electrons. The van der Waals surface area contributed by atoms with Gasteiger partial charge < -0.3 is 9.64 Å². The average molecular weight is 312 g/mol. The van der Waals surface area contributed by atoms with E-state index in [1.165, 1.54) is 0 Å². The molecule has 2 fully saturated rings. The quantitative estimate of drug-likeness (QED) is 0.941. The van der Waals surface area contributed by atoms with Crippen molar-refractivity contribution in [1.29, 1.82) is 0 Å². The molecule has 1 aromatic carbocycles. The highest BCUT2D eigenvalue weighted by Gasteiger charge is 2.41. The molecule has 4 rings (SSSR count). The lowest BCUT2D eigenvalue weighted by molar-refractivity contribution is -0.138. The van der Waals surface area contributed by atoms with E-state index in [1.807, 2.05) is 35.2 Å². The van der Waals surface area contributed by atoms with Gasteiger partial charge in [0.1, 0.15) is 5.82 Å². The third kappa shape index (κ3) is 2.86. The Bertz CT molecular complexity index is 692. The van der Waals surface area contributed by atoms with Crippen molar-refractivity contribution in [2.24, 2.45) is 5.41 Å². The summed E-state index contributed by atoms with van der Waals surface area (Å²) in [6.45, 7) is 2.82. The fourth-order valence-electron chi connectivity index (χ4n) is 3.48. The Morgan fingerprint density at radius 3 is 2.91 bits per heavy atom. The first-order valence-corrected chi connectivity index (χ1v) is 8.06. The second-order valence-electron chi connectivity index (χ2n) is 6.52. The van der Waals surface area contributed by atoms with Crippen LogP contribution in [0.4, 0.5) is 0 Å². The molecule has 6 heteroatoms. The minimum absolute atomic E-state index is 0.149. The van der Waals surface area contributed by atoms with Gasteiger partial charge in [-0.1, -0.05) is 30.3 Å². The van der Waals surface area contributed by atoms with E-state index in [1.54, 1.807) is 0 Å². The third-order valence-corrected chi connectivity index (χ3v) is 4.84. The fraction of sp³-hybridized carbons (Fsp3) is 0.471. The number of carbonyl (C=O) groups is 1. The summed E-state index contributed by atoms with van der Waals surface area (Å²) in [7, 11) is 0. The normalized spacial score (nSPS) is 24.5. The van der Waals surface area contributed by atoms with E-state index in [9.17, 15) is 4.79 Å². The zero-order chi connectivity index (χ0) is 15.7. The molecule has 3 heterocycles. The number of rotatable bonds is 3. The summed E-state index contributed by atoms with van der Waals surface area (Å²) in [5, 5.41) is 7.23. The minimum Gasteiger partial charge on any atom is -0.381 e. The maximum absolute atomic E-state index is 12.2. The highest BCUT2D eigenvalue weighted by molar-refractivity contribution is 5.77. The first kappa shape index (κ1) is 14.4. The predicted molar refractivity (Wildman–Crippen MR) is 84.3 cm³/mol. The SMILES string of the molecule is O=C1CC[C@]2(CCOC2)CN1Cc1nc(-c2ccccc2)n[nH]1. The van der Waals surface area contributed by atoms with Gasteiger partial charge in [-0.2, -0.15) is 5.10 Å². The third-order valence-electron chi connectivity index (χ3n) is 4.84. The second-order valence-corrected chi connectivity index (χ2v) is 6.52. The van der Waals surface area contributed by atoms with Crippen LogP contribution in [-0.2, 0) is 16.1 Å². The Balaban J connectivity index is 1.49. The molecule has 1 amide bonds. The zero-order valence-electron chi connectivity index (χ0n) is 13.0. The van der Waals surface area contributed by atoms with Gasteiger partial charge in [-0.3, -0.25) is 9.89 Å². The van der Waals surface area contributed by atoms with Gasteiger partial charge in [0.05, 0.1) is 13.2 Å². The monoisotopic (exact) mass is 312 g/mol. The van der Waals surface area contributed by atoms with Gasteiger partial charge in [-0.25, -0.2) is 4.98 Å². The number of likely N-dealkylation sites (tertiary alicyclic amines) is 1. The molecule has 0 unspecified atom stereocenters. The van der Waals surface area contributed by atoms with Crippen LogP contribution in [0.3, 0.4) is 0 Å². The summed E-state index contributed by atoms with van der Waals surface area (Å²) < 4.78 is 5.56. The van der Waals surface area contributed by atoms with Crippen LogP contribution in [0.15, 0.2) is 30.3 Å². The standard InChI is InChI=1S/C17H20N4O2/c22-15-6-7-17(8-9-23-12-17)11-21(15)10-14-18-16(20-19-14)13-4-2-1-3-5-13/h1-5H,6-12H2,(H,18,19,20)/t17-/m0/s1. The lowest BCUT2D eigenvalue weighted by atomic mass is 9.79. The largest absolute Gasteiger partial charge is 0.381 e. The molecule has 1 N–H and O–H groups in total. The summed E-state index contributed by atoms with van der Waals surface area (Å²) in [4.78, 5) is 18.7. The summed E-state index contributed by atoms with van der Waals surface area (Å²) in [6.07, 6.45) is 2.58. The molecular formula is C17H20N4O2. The van der Waals surface area contributed by atoms with Crippen LogP contribution >= 0.6 is 0 Å². The molecule has 1 atom stereocenters. The number of aromatic nitrogens is 3. The number of H-pyrrole nitrogens is 1. The van der Waals surface area contributed by atoms with Crippen LogP contribution in [0.2, 0.25) is 0 Å². The molecule has 120 valence electrons. The Morgan fingerprint density at radius 2 is 2.13 bits per heavy atom. The predicted octanol–water partition coefficient (Wildman–Crippen LogP) is 2.00. The van der Waals surface area contributed by atoms with Gasteiger partial charge in [-0.15, -0.1) is 0 Å². The molecule has 2 aliphatic heterocycles. The number of aromatic amines is 1. The molecule has 2 saturated heterocycles. The Labute approximate surface area is 134 Å². The summed E-state index contributed by atoms with van der Waals surface area (Å²) >= 11 is 0. The Hall–Kier alpha value is -2.21. The smallest absolute Gasteiger partial charge is 0.223 e. The number of ether oxygens (including phenoxy) is 1. The Kier molecular flexibility index (Phi) is 3.61. The van der Waals surface area contributed by atoms with Crippen LogP contribution in [0.1, 0.15) is 25.1 Å². The van der Waals surface area contributed by atoms with Crippen LogP contribution < -0.4 is 0 Å². The van der Waals surface area contributed by atoms with Crippen molar-refractivity contribution >= 4 is 5.91 Å². The molecule has 0 aliphatic carbocycles. The molecule has 2 aromatic rings. The molecule has 0 saturated carbocycles. The summed E-state index contributed by atoms with van der Waals surface area (Å²) in [6, 6.07) is 9.84. The van der Waals surface area contributed by atoms with Crippen molar-refractivity contribution in [2.75, 3.05) is 19.8 Å². The van der Waals surface area contributed by atoms with Gasteiger partial charge >= 0.3 is 0 Å². The molecular weight excluding hydrogens is 292 g/mol. The maximum atomic E-state index is 12.2. The Morgan fingerprint density at radius 1 is 1.26 bits per heavy atom. The van der Waals surface area contributed by atoms with E-state index in [-0.39, 0.29) is 11.3 Å². The van der Waals surface area contributed by atoms with E-state index in [0.29, 0.717) is 18.8 Å². The number of piperidine rings is 1. The van der Waals surface area contributed by atoms with Crippen LogP contribution in [0.25, 0.3) is 11.4 Å². The van der Waals surface area contributed by atoms with Gasteiger partial charge in [0.25, 0.3) is 0 Å². The summed E-state index contributed by atoms with van der Waals surface area (Å²) in [5.74, 6) is 1.59. The van der Waals surface area contributed by atoms with Crippen molar-refractivity contribution in [3.63, 3.8) is 0 Å². The van der Waals surface area contributed by atoms with Crippen molar-refractivity contribution < 1.29 is 9.53 Å². The first-order valence-electron chi connectivity index (χ1n) is 8.06. The van der Waals surface area contributed by atoms with Crippen molar-refractivity contribution in [3.05, 3.63) is 36.2 Å². The van der Waals surface area contributed by atoms with E-state index in [4.69, 9.17) is 4.74 Å². The number of hydrogen-bond acceptors (Lipinski definition) is 4. The lowest BCUT2D eigenvalue weighted by Gasteiger charge is -2.38. The van der Waals surface area contributed by atoms with E-state index in [0.717, 1.165) is 44.0 Å². The number of nitrogens with zero attached hydrogens (tertiary/aromatic N) is 3. The number of hydrogen-bond donors (Lipinski definition) is 1. The van der Waals surface area contributed by atoms with Gasteiger partial charge in [0, 0.05) is 30.6 Å². The molecule has 6 nitrogen and oxygen atoms in total. The van der Waals surface area contributed by atoms with Crippen molar-refractivity contribution in [1.82, 2.24) is 20.1 Å². The van der Waals surface area contributed by atoms with Gasteiger partial charge in [0.15, 0.2) is 5.82 Å².